The molecule has 2 nitrogen and oxygen atoms in total. The third kappa shape index (κ3) is 3.44. The molecule has 0 saturated carbocycles. The molecule has 7 heteroatoms. The van der Waals surface area contributed by atoms with Gasteiger partial charge in [-0.25, -0.2) is 4.39 Å². The van der Waals surface area contributed by atoms with Crippen LogP contribution < -0.4 is 4.74 Å². The van der Waals surface area contributed by atoms with Crippen LogP contribution in [0.3, 0.4) is 0 Å². The number of nitrogens with zero attached hydrogens (tertiary/aromatic N) is 1. The fraction of sp³-hybridized carbons (Fsp3) is 0.0714. The minimum absolute atomic E-state index is 0.00488. The average molecular weight is 316 g/mol. The van der Waals surface area contributed by atoms with Crippen LogP contribution in [0, 0.1) is 17.1 Å². The van der Waals surface area contributed by atoms with Crippen LogP contribution in [0.15, 0.2) is 36.4 Å². The zero-order chi connectivity index (χ0) is 15.6. The van der Waals surface area contributed by atoms with Gasteiger partial charge in [0.25, 0.3) is 0 Å². The summed E-state index contributed by atoms with van der Waals surface area (Å²) in [6.45, 7) is 0. The van der Waals surface area contributed by atoms with Gasteiger partial charge in [0.05, 0.1) is 22.2 Å². The molecule has 0 atom stereocenters. The van der Waals surface area contributed by atoms with Crippen molar-refractivity contribution in [2.45, 2.75) is 6.18 Å². The number of hydrogen-bond donors (Lipinski definition) is 0. The average Bonchev–Trinajstić information content (AvgIpc) is 2.42. The van der Waals surface area contributed by atoms with E-state index in [9.17, 15) is 17.6 Å². The van der Waals surface area contributed by atoms with Crippen LogP contribution >= 0.6 is 11.6 Å². The highest BCUT2D eigenvalue weighted by atomic mass is 35.5. The van der Waals surface area contributed by atoms with Crippen LogP contribution in [-0.4, -0.2) is 0 Å². The molecular formula is C14H6ClF4NO. The van der Waals surface area contributed by atoms with Gasteiger partial charge in [-0.15, -0.1) is 0 Å². The van der Waals surface area contributed by atoms with Crippen LogP contribution in [-0.2, 0) is 6.18 Å². The van der Waals surface area contributed by atoms with Gasteiger partial charge in [-0.05, 0) is 30.3 Å². The molecule has 0 fully saturated rings. The molecule has 0 radical (unpaired) electrons. The molecule has 0 unspecified atom stereocenters. The molecule has 0 aliphatic carbocycles. The van der Waals surface area contributed by atoms with Crippen molar-refractivity contribution in [2.24, 2.45) is 0 Å². The molecule has 108 valence electrons. The molecule has 21 heavy (non-hydrogen) atoms. The van der Waals surface area contributed by atoms with E-state index in [0.717, 1.165) is 12.1 Å². The molecule has 2 rings (SSSR count). The third-order valence-electron chi connectivity index (χ3n) is 2.54. The zero-order valence-corrected chi connectivity index (χ0v) is 11.0. The van der Waals surface area contributed by atoms with E-state index in [1.807, 2.05) is 0 Å². The highest BCUT2D eigenvalue weighted by Gasteiger charge is 2.34. The minimum Gasteiger partial charge on any atom is -0.457 e. The van der Waals surface area contributed by atoms with Crippen molar-refractivity contribution < 1.29 is 22.3 Å². The lowest BCUT2D eigenvalue weighted by molar-refractivity contribution is -0.137. The summed E-state index contributed by atoms with van der Waals surface area (Å²) in [6.07, 6.45) is -4.68. The van der Waals surface area contributed by atoms with Crippen LogP contribution in [0.1, 0.15) is 11.1 Å². The van der Waals surface area contributed by atoms with E-state index in [-0.39, 0.29) is 16.5 Å². The van der Waals surface area contributed by atoms with Gasteiger partial charge in [-0.2, -0.15) is 18.4 Å². The number of ether oxygens (including phenoxy) is 1. The summed E-state index contributed by atoms with van der Waals surface area (Å²) < 4.78 is 56.7. The van der Waals surface area contributed by atoms with Crippen molar-refractivity contribution in [1.82, 2.24) is 0 Å². The SMILES string of the molecule is N#Cc1ccc(Oc2ccc(Cl)c(F)c2)cc1C(F)(F)F. The minimum atomic E-state index is -4.68. The number of hydrogen-bond acceptors (Lipinski definition) is 2. The standard InChI is InChI=1S/C14H6ClF4NO/c15-12-4-3-10(6-13(12)16)21-9-2-1-8(7-20)11(5-9)14(17,18)19/h1-6H. The van der Waals surface area contributed by atoms with Crippen molar-refractivity contribution in [3.63, 3.8) is 0 Å². The van der Waals surface area contributed by atoms with E-state index < -0.39 is 23.1 Å². The number of nitriles is 1. The molecule has 0 bridgehead atoms. The first-order valence-corrected chi connectivity index (χ1v) is 5.93. The highest BCUT2D eigenvalue weighted by Crippen LogP contribution is 2.35. The smallest absolute Gasteiger partial charge is 0.417 e. The summed E-state index contributed by atoms with van der Waals surface area (Å²) in [5.41, 5.74) is -1.63. The molecule has 0 aliphatic rings. The molecule has 0 saturated heterocycles. The Morgan fingerprint density at radius 1 is 1.05 bits per heavy atom. The zero-order valence-electron chi connectivity index (χ0n) is 10.2. The summed E-state index contributed by atoms with van der Waals surface area (Å²) in [5.74, 6) is -0.920. The molecular weight excluding hydrogens is 310 g/mol. The van der Waals surface area contributed by atoms with Crippen LogP contribution in [0.5, 0.6) is 11.5 Å². The van der Waals surface area contributed by atoms with E-state index in [4.69, 9.17) is 21.6 Å². The largest absolute Gasteiger partial charge is 0.457 e. The Bertz CT molecular complexity index is 722. The summed E-state index contributed by atoms with van der Waals surface area (Å²) in [7, 11) is 0. The van der Waals surface area contributed by atoms with Crippen molar-refractivity contribution in [3.05, 3.63) is 58.4 Å². The molecule has 2 aromatic carbocycles. The quantitative estimate of drug-likeness (QED) is 0.717. The number of rotatable bonds is 2. The highest BCUT2D eigenvalue weighted by molar-refractivity contribution is 6.30. The maximum Gasteiger partial charge on any atom is 0.417 e. The molecule has 0 N–H and O–H groups in total. The van der Waals surface area contributed by atoms with Crippen LogP contribution in [0.2, 0.25) is 5.02 Å². The first kappa shape index (κ1) is 15.1. The van der Waals surface area contributed by atoms with Gasteiger partial charge in [0.1, 0.15) is 17.3 Å². The Labute approximate surface area is 122 Å². The lowest BCUT2D eigenvalue weighted by Crippen LogP contribution is -2.07. The van der Waals surface area contributed by atoms with Gasteiger partial charge in [-0.3, -0.25) is 0 Å². The number of alkyl halides is 3. The van der Waals surface area contributed by atoms with E-state index in [2.05, 4.69) is 0 Å². The summed E-state index contributed by atoms with van der Waals surface area (Å²) in [4.78, 5) is 0. The predicted molar refractivity (Wildman–Crippen MR) is 67.6 cm³/mol. The monoisotopic (exact) mass is 315 g/mol. The maximum absolute atomic E-state index is 13.2. The van der Waals surface area contributed by atoms with E-state index in [1.54, 1.807) is 0 Å². The van der Waals surface area contributed by atoms with E-state index >= 15 is 0 Å². The van der Waals surface area contributed by atoms with E-state index in [0.29, 0.717) is 6.07 Å². The second-order valence-electron chi connectivity index (χ2n) is 3.99. The van der Waals surface area contributed by atoms with Crippen molar-refractivity contribution in [1.29, 1.82) is 5.26 Å². The van der Waals surface area contributed by atoms with Crippen LogP contribution in [0.25, 0.3) is 0 Å². The predicted octanol–water partition coefficient (Wildman–Crippen LogP) is 5.16. The Hall–Kier alpha value is -2.26. The molecule has 0 spiro atoms. The third-order valence-corrected chi connectivity index (χ3v) is 2.85. The first-order chi connectivity index (χ1) is 9.81. The first-order valence-electron chi connectivity index (χ1n) is 5.55. The van der Waals surface area contributed by atoms with Gasteiger partial charge >= 0.3 is 6.18 Å². The Balaban J connectivity index is 2.37. The Morgan fingerprint density at radius 3 is 2.24 bits per heavy atom. The second kappa shape index (κ2) is 5.62. The summed E-state index contributed by atoms with van der Waals surface area (Å²) in [5, 5.41) is 8.55. The van der Waals surface area contributed by atoms with Crippen LogP contribution in [0.4, 0.5) is 17.6 Å². The lowest BCUT2D eigenvalue weighted by atomic mass is 10.1. The topological polar surface area (TPSA) is 33.0 Å². The maximum atomic E-state index is 13.2. The molecule has 2 aromatic rings. The fourth-order valence-corrected chi connectivity index (χ4v) is 1.71. The van der Waals surface area contributed by atoms with Crippen molar-refractivity contribution in [2.75, 3.05) is 0 Å². The van der Waals surface area contributed by atoms with Crippen molar-refractivity contribution in [3.8, 4) is 17.6 Å². The Kier molecular flexibility index (Phi) is 4.05. The molecule has 0 aliphatic heterocycles. The number of benzene rings is 2. The molecule has 0 amide bonds. The van der Waals surface area contributed by atoms with Gasteiger partial charge in [0.2, 0.25) is 0 Å². The van der Waals surface area contributed by atoms with E-state index in [1.165, 1.54) is 24.3 Å². The Morgan fingerprint density at radius 2 is 1.67 bits per heavy atom. The van der Waals surface area contributed by atoms with Gasteiger partial charge in [0, 0.05) is 6.07 Å². The fourth-order valence-electron chi connectivity index (χ4n) is 1.60. The molecule has 0 aromatic heterocycles. The van der Waals surface area contributed by atoms with Gasteiger partial charge < -0.3 is 4.74 Å². The summed E-state index contributed by atoms with van der Waals surface area (Å²) >= 11 is 5.49. The normalized spacial score (nSPS) is 11.0. The summed E-state index contributed by atoms with van der Waals surface area (Å²) in [6, 6.07) is 7.82. The van der Waals surface area contributed by atoms with Gasteiger partial charge in [0.15, 0.2) is 0 Å². The number of halogens is 5. The molecule has 0 heterocycles. The van der Waals surface area contributed by atoms with Gasteiger partial charge in [-0.1, -0.05) is 11.6 Å². The second-order valence-corrected chi connectivity index (χ2v) is 4.40. The van der Waals surface area contributed by atoms with Crippen molar-refractivity contribution >= 4 is 11.6 Å². The lowest BCUT2D eigenvalue weighted by Gasteiger charge is -2.11.